The van der Waals surface area contributed by atoms with Gasteiger partial charge in [-0.1, -0.05) is 23.7 Å². The van der Waals surface area contributed by atoms with Crippen LogP contribution in [0.2, 0.25) is 5.02 Å². The van der Waals surface area contributed by atoms with Crippen molar-refractivity contribution >= 4 is 35.0 Å². The number of anilines is 2. The van der Waals surface area contributed by atoms with Gasteiger partial charge in [-0.25, -0.2) is 4.39 Å². The molecule has 0 radical (unpaired) electrons. The van der Waals surface area contributed by atoms with Crippen molar-refractivity contribution in [2.45, 2.75) is 0 Å². The molecule has 102 valence electrons. The van der Waals surface area contributed by atoms with E-state index in [9.17, 15) is 9.18 Å². The molecule has 5 heteroatoms. The quantitative estimate of drug-likeness (QED) is 0.669. The molecule has 0 unspecified atom stereocenters. The van der Waals surface area contributed by atoms with E-state index >= 15 is 0 Å². The summed E-state index contributed by atoms with van der Waals surface area (Å²) >= 11 is 5.82. The van der Waals surface area contributed by atoms with Gasteiger partial charge in [0.1, 0.15) is 5.82 Å². The lowest BCUT2D eigenvalue weighted by atomic mass is 10.2. The lowest BCUT2D eigenvalue weighted by Crippen LogP contribution is -2.08. The van der Waals surface area contributed by atoms with Crippen molar-refractivity contribution < 1.29 is 9.18 Å². The second-order valence-corrected chi connectivity index (χ2v) is 4.52. The zero-order chi connectivity index (χ0) is 14.5. The molecular weight excluding hydrogens is 279 g/mol. The molecule has 1 amide bonds. The normalized spacial score (nSPS) is 10.7. The van der Waals surface area contributed by atoms with Gasteiger partial charge in [-0.05, 0) is 42.0 Å². The van der Waals surface area contributed by atoms with Gasteiger partial charge in [-0.2, -0.15) is 0 Å². The van der Waals surface area contributed by atoms with Gasteiger partial charge >= 0.3 is 0 Å². The number of carbonyl (C=O) groups excluding carboxylic acids is 1. The number of benzene rings is 2. The highest BCUT2D eigenvalue weighted by molar-refractivity contribution is 6.33. The molecule has 0 heterocycles. The summed E-state index contributed by atoms with van der Waals surface area (Å²) in [6.45, 7) is 0. The van der Waals surface area contributed by atoms with Crippen molar-refractivity contribution in [2.75, 3.05) is 11.1 Å². The van der Waals surface area contributed by atoms with Gasteiger partial charge < -0.3 is 11.1 Å². The zero-order valence-electron chi connectivity index (χ0n) is 10.4. The van der Waals surface area contributed by atoms with Crippen molar-refractivity contribution in [3.63, 3.8) is 0 Å². The number of rotatable bonds is 3. The van der Waals surface area contributed by atoms with Crippen molar-refractivity contribution in [1.82, 2.24) is 0 Å². The van der Waals surface area contributed by atoms with Gasteiger partial charge in [-0.15, -0.1) is 0 Å². The molecule has 0 saturated heterocycles. The van der Waals surface area contributed by atoms with Crippen LogP contribution in [0.4, 0.5) is 15.8 Å². The first-order valence-electron chi connectivity index (χ1n) is 5.84. The molecule has 0 aliphatic rings. The molecule has 2 rings (SSSR count). The Labute approximate surface area is 120 Å². The van der Waals surface area contributed by atoms with E-state index in [2.05, 4.69) is 5.32 Å². The number of hydrogen-bond acceptors (Lipinski definition) is 2. The van der Waals surface area contributed by atoms with Gasteiger partial charge in [0.05, 0.1) is 10.7 Å². The van der Waals surface area contributed by atoms with Crippen LogP contribution in [-0.4, -0.2) is 5.91 Å². The van der Waals surface area contributed by atoms with E-state index in [-0.39, 0.29) is 10.9 Å². The minimum absolute atomic E-state index is 0.152. The van der Waals surface area contributed by atoms with Crippen molar-refractivity contribution in [2.24, 2.45) is 0 Å². The molecule has 0 aliphatic heterocycles. The molecule has 0 fully saturated rings. The average molecular weight is 291 g/mol. The maximum atomic E-state index is 12.9. The first kappa shape index (κ1) is 14.1. The molecule has 0 aliphatic carbocycles. The highest BCUT2D eigenvalue weighted by Crippen LogP contribution is 2.22. The molecule has 0 saturated carbocycles. The minimum atomic E-state index is -0.453. The van der Waals surface area contributed by atoms with Crippen molar-refractivity contribution in [1.29, 1.82) is 0 Å². The van der Waals surface area contributed by atoms with E-state index in [0.29, 0.717) is 11.4 Å². The van der Waals surface area contributed by atoms with E-state index in [1.807, 2.05) is 0 Å². The molecule has 0 bridgehead atoms. The number of halogens is 2. The predicted octanol–water partition coefficient (Wildman–Crippen LogP) is 3.71. The maximum absolute atomic E-state index is 12.9. The Morgan fingerprint density at radius 3 is 2.55 bits per heavy atom. The minimum Gasteiger partial charge on any atom is -0.399 e. The summed E-state index contributed by atoms with van der Waals surface area (Å²) < 4.78 is 12.9. The first-order valence-corrected chi connectivity index (χ1v) is 6.22. The SMILES string of the molecule is Nc1ccc(/C=C/C(=O)Nc2ccc(F)cc2Cl)cc1. The first-order chi connectivity index (χ1) is 9.54. The third-order valence-corrected chi connectivity index (χ3v) is 2.87. The molecule has 0 spiro atoms. The van der Waals surface area contributed by atoms with Crippen LogP contribution in [0.5, 0.6) is 0 Å². The van der Waals surface area contributed by atoms with Crippen LogP contribution < -0.4 is 11.1 Å². The monoisotopic (exact) mass is 290 g/mol. The topological polar surface area (TPSA) is 55.1 Å². The summed E-state index contributed by atoms with van der Waals surface area (Å²) in [6, 6.07) is 10.9. The van der Waals surface area contributed by atoms with Crippen LogP contribution >= 0.6 is 11.6 Å². The Balaban J connectivity index is 2.03. The van der Waals surface area contributed by atoms with E-state index in [1.165, 1.54) is 18.2 Å². The Kier molecular flexibility index (Phi) is 4.38. The van der Waals surface area contributed by atoms with Crippen LogP contribution in [0.15, 0.2) is 48.5 Å². The highest BCUT2D eigenvalue weighted by Gasteiger charge is 2.04. The fourth-order valence-electron chi connectivity index (χ4n) is 1.54. The molecule has 2 aromatic carbocycles. The Morgan fingerprint density at radius 1 is 1.20 bits per heavy atom. The largest absolute Gasteiger partial charge is 0.399 e. The molecule has 3 nitrogen and oxygen atoms in total. The van der Waals surface area contributed by atoms with E-state index in [1.54, 1.807) is 30.3 Å². The van der Waals surface area contributed by atoms with Gasteiger partial charge in [0, 0.05) is 11.8 Å². The van der Waals surface area contributed by atoms with Gasteiger partial charge in [0.15, 0.2) is 0 Å². The second-order valence-electron chi connectivity index (χ2n) is 4.11. The lowest BCUT2D eigenvalue weighted by Gasteiger charge is -2.04. The van der Waals surface area contributed by atoms with Crippen LogP contribution in [-0.2, 0) is 4.79 Å². The maximum Gasteiger partial charge on any atom is 0.248 e. The zero-order valence-corrected chi connectivity index (χ0v) is 11.2. The molecule has 2 aromatic rings. The number of hydrogen-bond donors (Lipinski definition) is 2. The smallest absolute Gasteiger partial charge is 0.248 e. The number of nitrogen functional groups attached to an aromatic ring is 1. The highest BCUT2D eigenvalue weighted by atomic mass is 35.5. The molecular formula is C15H12ClFN2O. The molecule has 20 heavy (non-hydrogen) atoms. The van der Waals surface area contributed by atoms with E-state index in [0.717, 1.165) is 11.6 Å². The van der Waals surface area contributed by atoms with Gasteiger partial charge in [0.2, 0.25) is 5.91 Å². The molecule has 3 N–H and O–H groups in total. The fourth-order valence-corrected chi connectivity index (χ4v) is 1.76. The van der Waals surface area contributed by atoms with E-state index in [4.69, 9.17) is 17.3 Å². The fraction of sp³-hybridized carbons (Fsp3) is 0. The third kappa shape index (κ3) is 3.83. The van der Waals surface area contributed by atoms with Crippen molar-refractivity contribution in [3.05, 3.63) is 64.9 Å². The van der Waals surface area contributed by atoms with Crippen LogP contribution in [0.25, 0.3) is 6.08 Å². The van der Waals surface area contributed by atoms with Crippen molar-refractivity contribution in [3.8, 4) is 0 Å². The average Bonchev–Trinajstić information content (AvgIpc) is 2.41. The Hall–Kier alpha value is -2.33. The summed E-state index contributed by atoms with van der Waals surface area (Å²) in [4.78, 5) is 11.7. The number of nitrogens with one attached hydrogen (secondary N) is 1. The van der Waals surface area contributed by atoms with Crippen LogP contribution in [0.1, 0.15) is 5.56 Å². The van der Waals surface area contributed by atoms with Crippen LogP contribution in [0, 0.1) is 5.82 Å². The number of carbonyl (C=O) groups is 1. The second kappa shape index (κ2) is 6.21. The number of nitrogens with two attached hydrogens (primary N) is 1. The summed E-state index contributed by atoms with van der Waals surface area (Å²) in [7, 11) is 0. The Bertz CT molecular complexity index is 653. The van der Waals surface area contributed by atoms with Gasteiger partial charge in [0.25, 0.3) is 0 Å². The summed E-state index contributed by atoms with van der Waals surface area (Å²) in [5.41, 5.74) is 7.43. The number of amides is 1. The lowest BCUT2D eigenvalue weighted by molar-refractivity contribution is -0.111. The van der Waals surface area contributed by atoms with E-state index < -0.39 is 5.82 Å². The predicted molar refractivity (Wildman–Crippen MR) is 79.9 cm³/mol. The summed E-state index contributed by atoms with van der Waals surface area (Å²) in [5, 5.41) is 2.72. The van der Waals surface area contributed by atoms with Crippen LogP contribution in [0.3, 0.4) is 0 Å². The molecule has 0 aromatic heterocycles. The third-order valence-electron chi connectivity index (χ3n) is 2.55. The standard InChI is InChI=1S/C15H12ClFN2O/c16-13-9-11(17)4-7-14(13)19-15(20)8-3-10-1-5-12(18)6-2-10/h1-9H,18H2,(H,19,20)/b8-3+. The summed E-state index contributed by atoms with van der Waals surface area (Å²) in [6.07, 6.45) is 3.01. The molecule has 0 atom stereocenters. The Morgan fingerprint density at radius 2 is 1.90 bits per heavy atom. The summed E-state index contributed by atoms with van der Waals surface area (Å²) in [5.74, 6) is -0.805. The van der Waals surface area contributed by atoms with Gasteiger partial charge in [-0.3, -0.25) is 4.79 Å².